The van der Waals surface area contributed by atoms with Gasteiger partial charge in [-0.15, -0.1) is 0 Å². The maximum Gasteiger partial charge on any atom is 0.284 e. The van der Waals surface area contributed by atoms with Gasteiger partial charge in [0.15, 0.2) is 0 Å². The van der Waals surface area contributed by atoms with Crippen LogP contribution >= 0.6 is 0 Å². The van der Waals surface area contributed by atoms with E-state index in [1.165, 1.54) is 6.07 Å². The van der Waals surface area contributed by atoms with Crippen LogP contribution in [0.5, 0.6) is 0 Å². The third kappa shape index (κ3) is 2.67. The van der Waals surface area contributed by atoms with Gasteiger partial charge in [-0.1, -0.05) is 24.1 Å². The molecule has 82 valence electrons. The Morgan fingerprint density at radius 3 is 2.53 bits per heavy atom. The maximum atomic E-state index is 10.8. The molecule has 1 heterocycles. The van der Waals surface area contributed by atoms with E-state index in [-0.39, 0.29) is 5.69 Å². The first-order valence-electron chi connectivity index (χ1n) is 4.94. The molecule has 1 aromatic heterocycles. The zero-order valence-corrected chi connectivity index (χ0v) is 8.83. The quantitative estimate of drug-likeness (QED) is 0.424. The smallest absolute Gasteiger partial charge is 0.258 e. The Morgan fingerprint density at radius 1 is 1.06 bits per heavy atom. The number of rotatable bonds is 1. The van der Waals surface area contributed by atoms with Crippen LogP contribution in [0, 0.1) is 22.0 Å². The van der Waals surface area contributed by atoms with Crippen molar-refractivity contribution in [2.45, 2.75) is 0 Å². The van der Waals surface area contributed by atoms with Crippen molar-refractivity contribution < 1.29 is 4.92 Å². The first-order chi connectivity index (χ1) is 8.27. The molecule has 1 aromatic carbocycles. The molecule has 0 aliphatic rings. The predicted octanol–water partition coefficient (Wildman–Crippen LogP) is 2.39. The minimum Gasteiger partial charge on any atom is -0.258 e. The number of hydrogen-bond donors (Lipinski definition) is 0. The van der Waals surface area contributed by atoms with Crippen molar-refractivity contribution in [3.63, 3.8) is 0 Å². The molecule has 0 aliphatic heterocycles. The topological polar surface area (TPSA) is 56.0 Å². The second kappa shape index (κ2) is 4.90. The van der Waals surface area contributed by atoms with E-state index in [0.29, 0.717) is 11.3 Å². The summed E-state index contributed by atoms with van der Waals surface area (Å²) in [7, 11) is 0. The molecule has 0 bridgehead atoms. The third-order valence-electron chi connectivity index (χ3n) is 2.09. The van der Waals surface area contributed by atoms with Gasteiger partial charge in [-0.2, -0.15) is 0 Å². The van der Waals surface area contributed by atoms with Crippen molar-refractivity contribution in [2.24, 2.45) is 0 Å². The number of nitrogens with zero attached hydrogens (tertiary/aromatic N) is 2. The summed E-state index contributed by atoms with van der Waals surface area (Å²) < 4.78 is 0. The second-order valence-electron chi connectivity index (χ2n) is 3.24. The lowest BCUT2D eigenvalue weighted by molar-refractivity contribution is -0.385. The molecule has 0 unspecified atom stereocenters. The zero-order chi connectivity index (χ0) is 12.1. The molecule has 0 aliphatic carbocycles. The highest BCUT2D eigenvalue weighted by molar-refractivity contribution is 5.52. The molecule has 0 fully saturated rings. The fourth-order valence-corrected chi connectivity index (χ4v) is 1.31. The molecule has 0 N–H and O–H groups in total. The first-order valence-corrected chi connectivity index (χ1v) is 4.94. The van der Waals surface area contributed by atoms with E-state index in [4.69, 9.17) is 0 Å². The van der Waals surface area contributed by atoms with Crippen LogP contribution in [0.3, 0.4) is 0 Å². The van der Waals surface area contributed by atoms with Crippen LogP contribution in [0.2, 0.25) is 0 Å². The Morgan fingerprint density at radius 2 is 1.82 bits per heavy atom. The molecule has 0 saturated heterocycles. The Labute approximate surface area is 98.1 Å². The average Bonchev–Trinajstić information content (AvgIpc) is 2.38. The molecule has 2 rings (SSSR count). The van der Waals surface area contributed by atoms with Gasteiger partial charge < -0.3 is 0 Å². The van der Waals surface area contributed by atoms with Crippen LogP contribution in [-0.4, -0.2) is 9.91 Å². The Bertz CT molecular complexity index is 598. The normalized spacial score (nSPS) is 9.18. The number of para-hydroxylation sites is 1. The van der Waals surface area contributed by atoms with Crippen molar-refractivity contribution in [3.05, 3.63) is 70.0 Å². The van der Waals surface area contributed by atoms with Gasteiger partial charge in [0.25, 0.3) is 5.69 Å². The standard InChI is InChI=1S/C13H8N2O2/c16-15(17)13-7-2-1-5-11(13)8-9-12-6-3-4-10-14-12/h1-7,10H. The Balaban J connectivity index is 2.38. The van der Waals surface area contributed by atoms with Gasteiger partial charge in [-0.25, -0.2) is 4.98 Å². The van der Waals surface area contributed by atoms with Gasteiger partial charge in [-0.05, 0) is 24.1 Å². The van der Waals surface area contributed by atoms with Gasteiger partial charge in [0.1, 0.15) is 11.3 Å². The highest BCUT2D eigenvalue weighted by atomic mass is 16.6. The third-order valence-corrected chi connectivity index (χ3v) is 2.09. The Hall–Kier alpha value is -2.67. The molecule has 4 nitrogen and oxygen atoms in total. The molecule has 17 heavy (non-hydrogen) atoms. The van der Waals surface area contributed by atoms with Gasteiger partial charge in [0.05, 0.1) is 4.92 Å². The van der Waals surface area contributed by atoms with Crippen molar-refractivity contribution in [1.82, 2.24) is 4.98 Å². The lowest BCUT2D eigenvalue weighted by Crippen LogP contribution is -1.91. The number of pyridine rings is 1. The van der Waals surface area contributed by atoms with E-state index in [2.05, 4.69) is 16.8 Å². The summed E-state index contributed by atoms with van der Waals surface area (Å²) in [6.07, 6.45) is 1.63. The number of nitro groups is 1. The van der Waals surface area contributed by atoms with Gasteiger partial charge in [-0.3, -0.25) is 10.1 Å². The average molecular weight is 224 g/mol. The molecular weight excluding hydrogens is 216 g/mol. The van der Waals surface area contributed by atoms with E-state index in [1.54, 1.807) is 36.5 Å². The van der Waals surface area contributed by atoms with Crippen LogP contribution in [0.1, 0.15) is 11.3 Å². The lowest BCUT2D eigenvalue weighted by Gasteiger charge is -1.93. The van der Waals surface area contributed by atoms with Crippen LogP contribution in [-0.2, 0) is 0 Å². The highest BCUT2D eigenvalue weighted by Gasteiger charge is 2.09. The van der Waals surface area contributed by atoms with E-state index < -0.39 is 4.92 Å². The van der Waals surface area contributed by atoms with E-state index in [0.717, 1.165) is 0 Å². The molecular formula is C13H8N2O2. The van der Waals surface area contributed by atoms with Crippen LogP contribution in [0.4, 0.5) is 5.69 Å². The van der Waals surface area contributed by atoms with Crippen LogP contribution < -0.4 is 0 Å². The summed E-state index contributed by atoms with van der Waals surface area (Å²) in [5.41, 5.74) is 0.990. The summed E-state index contributed by atoms with van der Waals surface area (Å²) in [6.45, 7) is 0. The molecule has 0 amide bonds. The number of benzene rings is 1. The van der Waals surface area contributed by atoms with Crippen molar-refractivity contribution in [2.75, 3.05) is 0 Å². The van der Waals surface area contributed by atoms with Gasteiger partial charge in [0, 0.05) is 12.3 Å². The van der Waals surface area contributed by atoms with E-state index in [9.17, 15) is 10.1 Å². The SMILES string of the molecule is O=[N+]([O-])c1ccccc1C#Cc1ccccn1. The van der Waals surface area contributed by atoms with Crippen LogP contribution in [0.15, 0.2) is 48.7 Å². The molecule has 0 atom stereocenters. The van der Waals surface area contributed by atoms with Crippen molar-refractivity contribution in [3.8, 4) is 11.8 Å². The molecule has 0 spiro atoms. The summed E-state index contributed by atoms with van der Waals surface area (Å²) in [5, 5.41) is 10.8. The summed E-state index contributed by atoms with van der Waals surface area (Å²) in [4.78, 5) is 14.3. The van der Waals surface area contributed by atoms with Crippen LogP contribution in [0.25, 0.3) is 0 Å². The van der Waals surface area contributed by atoms with Crippen molar-refractivity contribution >= 4 is 5.69 Å². The Kier molecular flexibility index (Phi) is 3.13. The molecule has 4 heteroatoms. The van der Waals surface area contributed by atoms with Gasteiger partial charge >= 0.3 is 0 Å². The predicted molar refractivity (Wildman–Crippen MR) is 63.3 cm³/mol. The fraction of sp³-hybridized carbons (Fsp3) is 0. The van der Waals surface area contributed by atoms with Gasteiger partial charge in [0.2, 0.25) is 0 Å². The lowest BCUT2D eigenvalue weighted by atomic mass is 10.2. The molecule has 0 saturated carbocycles. The minimum absolute atomic E-state index is 0.0101. The first kappa shape index (κ1) is 10.8. The number of nitro benzene ring substituents is 1. The second-order valence-corrected chi connectivity index (χ2v) is 3.24. The molecule has 2 aromatic rings. The zero-order valence-electron chi connectivity index (χ0n) is 8.83. The largest absolute Gasteiger partial charge is 0.284 e. The minimum atomic E-state index is -0.442. The molecule has 0 radical (unpaired) electrons. The van der Waals surface area contributed by atoms with E-state index >= 15 is 0 Å². The fourth-order valence-electron chi connectivity index (χ4n) is 1.31. The summed E-state index contributed by atoms with van der Waals surface area (Å²) >= 11 is 0. The number of aromatic nitrogens is 1. The van der Waals surface area contributed by atoms with E-state index in [1.807, 2.05) is 6.07 Å². The summed E-state index contributed by atoms with van der Waals surface area (Å²) in [5.74, 6) is 5.55. The van der Waals surface area contributed by atoms with Crippen molar-refractivity contribution in [1.29, 1.82) is 0 Å². The summed E-state index contributed by atoms with van der Waals surface area (Å²) in [6, 6.07) is 11.7. The highest BCUT2D eigenvalue weighted by Crippen LogP contribution is 2.15. The maximum absolute atomic E-state index is 10.8. The monoisotopic (exact) mass is 224 g/mol. The number of hydrogen-bond acceptors (Lipinski definition) is 3.